The van der Waals surface area contributed by atoms with Crippen molar-refractivity contribution in [2.45, 2.75) is 143 Å². The van der Waals surface area contributed by atoms with Gasteiger partial charge in [-0.1, -0.05) is 27.7 Å². The molecule has 13 N–H and O–H groups in total. The minimum absolute atomic E-state index is 0.153. The Bertz CT molecular complexity index is 1340. The Morgan fingerprint density at radius 3 is 1.13 bits per heavy atom. The van der Waals surface area contributed by atoms with Crippen molar-refractivity contribution in [3.8, 4) is 0 Å². The van der Waals surface area contributed by atoms with Gasteiger partial charge in [-0.15, -0.1) is 0 Å². The average molecular weight is 771 g/mol. The molecule has 0 saturated heterocycles. The molecule has 0 saturated carbocycles. The van der Waals surface area contributed by atoms with Gasteiger partial charge in [0, 0.05) is 0 Å². The Morgan fingerprint density at radius 2 is 0.778 bits per heavy atom. The van der Waals surface area contributed by atoms with E-state index in [-0.39, 0.29) is 12.3 Å². The molecule has 0 heterocycles. The second-order valence-electron chi connectivity index (χ2n) is 14.1. The van der Waals surface area contributed by atoms with Crippen molar-refractivity contribution in [2.24, 2.45) is 23.3 Å². The monoisotopic (exact) mass is 770 g/mol. The molecule has 0 radical (unpaired) electrons. The molecule has 8 amide bonds. The lowest BCUT2D eigenvalue weighted by Gasteiger charge is -2.26. The van der Waals surface area contributed by atoms with Gasteiger partial charge in [-0.25, -0.2) is 4.79 Å². The standard InChI is InChI=1S/C34H62N10O10/c1-15(2)24(43-26(45)17(5)36)33(52)41-21(9)30(49)42-23(13-11-12-14-35)32(51)40-20(8)29(48)38-18(6)27(46)37-19(7)28(47)39-22(10)31(50)44-25(16(3)4)34(53)54/h15-25H,11-14,35-36H2,1-10H3,(H,37,46)(H,38,48)(H,39,47)(H,40,51)(H,41,52)(H,42,49)(H,43,45)(H,44,50)(H,53,54)/t17-,18-,19-,20-,21-,22-,23-,24-,25-/m0/s1. The zero-order valence-electron chi connectivity index (χ0n) is 33.0. The Balaban J connectivity index is 5.34. The summed E-state index contributed by atoms with van der Waals surface area (Å²) < 4.78 is 0. The van der Waals surface area contributed by atoms with Crippen LogP contribution in [0.3, 0.4) is 0 Å². The number of carboxylic acids is 1. The number of carbonyl (C=O) groups is 9. The summed E-state index contributed by atoms with van der Waals surface area (Å²) in [6.07, 6.45) is 1.14. The molecule has 0 aromatic rings. The molecular formula is C34H62N10O10. The lowest BCUT2D eigenvalue weighted by atomic mass is 10.0. The number of carbonyl (C=O) groups excluding carboxylic acids is 8. The number of carboxylic acid groups (broad SMARTS) is 1. The largest absolute Gasteiger partial charge is 0.480 e. The first-order valence-corrected chi connectivity index (χ1v) is 18.1. The van der Waals surface area contributed by atoms with Crippen molar-refractivity contribution in [3.05, 3.63) is 0 Å². The Labute approximate surface area is 316 Å². The molecule has 0 aliphatic rings. The van der Waals surface area contributed by atoms with Crippen LogP contribution in [-0.2, 0) is 43.2 Å². The third-order valence-corrected chi connectivity index (χ3v) is 8.23. The average Bonchev–Trinajstić information content (AvgIpc) is 3.07. The summed E-state index contributed by atoms with van der Waals surface area (Å²) >= 11 is 0. The topological polar surface area (TPSA) is 322 Å². The molecule has 0 unspecified atom stereocenters. The van der Waals surface area contributed by atoms with E-state index >= 15 is 0 Å². The predicted molar refractivity (Wildman–Crippen MR) is 198 cm³/mol. The van der Waals surface area contributed by atoms with Gasteiger partial charge in [0.05, 0.1) is 6.04 Å². The molecular weight excluding hydrogens is 708 g/mol. The van der Waals surface area contributed by atoms with E-state index in [1.54, 1.807) is 27.7 Å². The summed E-state index contributed by atoms with van der Waals surface area (Å²) in [6, 6.07) is -9.87. The van der Waals surface area contributed by atoms with Gasteiger partial charge in [0.15, 0.2) is 0 Å². The molecule has 0 fully saturated rings. The van der Waals surface area contributed by atoms with E-state index in [9.17, 15) is 48.3 Å². The highest BCUT2D eigenvalue weighted by Gasteiger charge is 2.32. The van der Waals surface area contributed by atoms with E-state index in [1.165, 1.54) is 41.5 Å². The molecule has 0 spiro atoms. The third kappa shape index (κ3) is 17.3. The molecule has 20 nitrogen and oxygen atoms in total. The molecule has 0 aromatic heterocycles. The molecule has 308 valence electrons. The van der Waals surface area contributed by atoms with Crippen LogP contribution in [-0.4, -0.2) is 119 Å². The first-order valence-electron chi connectivity index (χ1n) is 18.1. The third-order valence-electron chi connectivity index (χ3n) is 8.23. The Morgan fingerprint density at radius 1 is 0.444 bits per heavy atom. The maximum atomic E-state index is 13.3. The van der Waals surface area contributed by atoms with E-state index in [1.807, 2.05) is 0 Å². The van der Waals surface area contributed by atoms with Crippen LogP contribution in [0.2, 0.25) is 0 Å². The number of hydrogen-bond donors (Lipinski definition) is 11. The molecule has 0 aromatic carbocycles. The van der Waals surface area contributed by atoms with Gasteiger partial charge in [0.1, 0.15) is 48.3 Å². The van der Waals surface area contributed by atoms with E-state index < -0.39 is 114 Å². The molecule has 0 rings (SSSR count). The molecule has 0 aliphatic carbocycles. The van der Waals surface area contributed by atoms with Gasteiger partial charge in [-0.2, -0.15) is 0 Å². The van der Waals surface area contributed by atoms with Crippen molar-refractivity contribution in [1.29, 1.82) is 0 Å². The van der Waals surface area contributed by atoms with Crippen LogP contribution in [0.4, 0.5) is 0 Å². The summed E-state index contributed by atoms with van der Waals surface area (Å²) in [4.78, 5) is 113. The zero-order valence-corrected chi connectivity index (χ0v) is 33.0. The van der Waals surface area contributed by atoms with Crippen LogP contribution in [0.25, 0.3) is 0 Å². The van der Waals surface area contributed by atoms with Gasteiger partial charge in [0.25, 0.3) is 0 Å². The van der Waals surface area contributed by atoms with Gasteiger partial charge in [-0.05, 0) is 79.2 Å². The number of amides is 8. The van der Waals surface area contributed by atoms with E-state index in [0.717, 1.165) is 0 Å². The smallest absolute Gasteiger partial charge is 0.326 e. The summed E-state index contributed by atoms with van der Waals surface area (Å²) in [5, 5.41) is 29.0. The number of aliphatic carboxylic acids is 1. The highest BCUT2D eigenvalue weighted by atomic mass is 16.4. The maximum absolute atomic E-state index is 13.3. The molecule has 54 heavy (non-hydrogen) atoms. The van der Waals surface area contributed by atoms with Crippen molar-refractivity contribution in [2.75, 3.05) is 6.54 Å². The molecule has 20 heteroatoms. The molecule has 0 aliphatic heterocycles. The van der Waals surface area contributed by atoms with Crippen molar-refractivity contribution >= 4 is 53.2 Å². The van der Waals surface area contributed by atoms with E-state index in [4.69, 9.17) is 11.5 Å². The Hall–Kier alpha value is -4.85. The summed E-state index contributed by atoms with van der Waals surface area (Å²) in [5.74, 6) is -7.55. The van der Waals surface area contributed by atoms with E-state index in [2.05, 4.69) is 42.5 Å². The summed E-state index contributed by atoms with van der Waals surface area (Å²) in [5.41, 5.74) is 11.2. The summed E-state index contributed by atoms with van der Waals surface area (Å²) in [6.45, 7) is 15.2. The van der Waals surface area contributed by atoms with Crippen LogP contribution in [0.5, 0.6) is 0 Å². The number of unbranched alkanes of at least 4 members (excludes halogenated alkanes) is 1. The van der Waals surface area contributed by atoms with Crippen LogP contribution in [0.1, 0.15) is 88.5 Å². The molecule has 9 atom stereocenters. The summed E-state index contributed by atoms with van der Waals surface area (Å²) in [7, 11) is 0. The minimum Gasteiger partial charge on any atom is -0.480 e. The van der Waals surface area contributed by atoms with Crippen LogP contribution in [0.15, 0.2) is 0 Å². The SMILES string of the molecule is CC(C)[C@H](NC(=O)[C@H](C)NC(=O)[C@H](C)NC(=O)[C@H](C)NC(=O)[C@H](C)NC(=O)[C@H](CCCCN)NC(=O)[C@H](C)NC(=O)[C@@H](NC(=O)[C@H](C)N)C(C)C)C(=O)O. The predicted octanol–water partition coefficient (Wildman–Crippen LogP) is -3.16. The fourth-order valence-corrected chi connectivity index (χ4v) is 4.63. The number of rotatable bonds is 23. The van der Waals surface area contributed by atoms with Crippen molar-refractivity contribution in [1.82, 2.24) is 42.5 Å². The highest BCUT2D eigenvalue weighted by molar-refractivity contribution is 5.97. The fraction of sp³-hybridized carbons (Fsp3) is 0.735. The first-order chi connectivity index (χ1) is 24.9. The Kier molecular flexibility index (Phi) is 21.6. The van der Waals surface area contributed by atoms with Gasteiger partial charge in [-0.3, -0.25) is 38.4 Å². The minimum atomic E-state index is -1.23. The van der Waals surface area contributed by atoms with Crippen LogP contribution >= 0.6 is 0 Å². The normalized spacial score (nSPS) is 16.1. The van der Waals surface area contributed by atoms with Gasteiger partial charge in [0.2, 0.25) is 47.3 Å². The van der Waals surface area contributed by atoms with Crippen LogP contribution in [0, 0.1) is 11.8 Å². The first kappa shape index (κ1) is 49.1. The second-order valence-corrected chi connectivity index (χ2v) is 14.1. The van der Waals surface area contributed by atoms with Crippen molar-refractivity contribution < 1.29 is 48.3 Å². The number of hydrogen-bond acceptors (Lipinski definition) is 11. The van der Waals surface area contributed by atoms with Gasteiger partial charge < -0.3 is 59.1 Å². The second kappa shape index (κ2) is 23.7. The number of nitrogens with one attached hydrogen (secondary N) is 8. The molecule has 0 bridgehead atoms. The fourth-order valence-electron chi connectivity index (χ4n) is 4.63. The quantitative estimate of drug-likeness (QED) is 0.0459. The maximum Gasteiger partial charge on any atom is 0.326 e. The van der Waals surface area contributed by atoms with Gasteiger partial charge >= 0.3 is 5.97 Å². The number of nitrogens with two attached hydrogens (primary N) is 2. The highest BCUT2D eigenvalue weighted by Crippen LogP contribution is 2.06. The lowest BCUT2D eigenvalue weighted by molar-refractivity contribution is -0.143. The van der Waals surface area contributed by atoms with Crippen molar-refractivity contribution in [3.63, 3.8) is 0 Å². The zero-order chi connectivity index (χ0) is 42.0. The van der Waals surface area contributed by atoms with Crippen LogP contribution < -0.4 is 54.0 Å². The van der Waals surface area contributed by atoms with E-state index in [0.29, 0.717) is 19.4 Å². The lowest BCUT2D eigenvalue weighted by Crippen LogP contribution is -2.59.